The van der Waals surface area contributed by atoms with Gasteiger partial charge in [-0.05, 0) is 25.7 Å². The predicted molar refractivity (Wildman–Crippen MR) is 63.9 cm³/mol. The molecule has 0 aromatic carbocycles. The van der Waals surface area contributed by atoms with Gasteiger partial charge >= 0.3 is 23.9 Å². The molecule has 0 bridgehead atoms. The summed E-state index contributed by atoms with van der Waals surface area (Å²) in [4.78, 5) is 43.3. The molecule has 4 fully saturated rings. The van der Waals surface area contributed by atoms with E-state index < -0.39 is 0 Å². The Kier molecular flexibility index (Phi) is 3.31. The summed E-state index contributed by atoms with van der Waals surface area (Å²) in [5.74, 6) is -1.56. The number of ether oxygens (including phenoxy) is 2. The third-order valence-corrected chi connectivity index (χ3v) is 4.65. The highest BCUT2D eigenvalue weighted by Crippen LogP contribution is 2.38. The SMILES string of the molecule is O=C1OC(=O)[C@@H]2CCC[C@H]12.O=C1OC(=O)[C@@H]2CCC[C@H]12. The van der Waals surface area contributed by atoms with Gasteiger partial charge in [-0.25, -0.2) is 0 Å². The summed E-state index contributed by atoms with van der Waals surface area (Å²) in [5, 5.41) is 0. The van der Waals surface area contributed by atoms with Crippen LogP contribution in [0.25, 0.3) is 0 Å². The zero-order valence-corrected chi connectivity index (χ0v) is 11.0. The number of cyclic esters (lactones) is 4. The maximum absolute atomic E-state index is 10.8. The number of fused-ring (bicyclic) bond motifs is 2. The maximum atomic E-state index is 10.8. The van der Waals surface area contributed by atoms with Crippen molar-refractivity contribution < 1.29 is 28.7 Å². The Bertz CT molecular complexity index is 398. The van der Waals surface area contributed by atoms with Crippen LogP contribution in [0.1, 0.15) is 38.5 Å². The molecule has 2 aliphatic carbocycles. The Labute approximate surface area is 115 Å². The van der Waals surface area contributed by atoms with Gasteiger partial charge in [0.1, 0.15) is 0 Å². The smallest absolute Gasteiger partial charge is 0.317 e. The van der Waals surface area contributed by atoms with Crippen LogP contribution >= 0.6 is 0 Å². The molecular weight excluding hydrogens is 264 g/mol. The van der Waals surface area contributed by atoms with Gasteiger partial charge in [0.15, 0.2) is 0 Å². The van der Waals surface area contributed by atoms with Crippen molar-refractivity contribution in [2.24, 2.45) is 23.7 Å². The van der Waals surface area contributed by atoms with Crippen LogP contribution in [0, 0.1) is 23.7 Å². The molecule has 0 unspecified atom stereocenters. The fraction of sp³-hybridized carbons (Fsp3) is 0.714. The third kappa shape index (κ3) is 2.13. The Morgan fingerprint density at radius 2 is 0.800 bits per heavy atom. The monoisotopic (exact) mass is 280 g/mol. The Morgan fingerprint density at radius 3 is 1.05 bits per heavy atom. The first-order valence-electron chi connectivity index (χ1n) is 7.09. The average molecular weight is 280 g/mol. The molecule has 108 valence electrons. The standard InChI is InChI=1S/2C7H8O3/c2*8-6-4-2-1-3-5(4)7(9)10-6/h2*4-5H,1-3H2/t2*4-,5+. The van der Waals surface area contributed by atoms with Gasteiger partial charge in [-0.15, -0.1) is 0 Å². The van der Waals surface area contributed by atoms with E-state index >= 15 is 0 Å². The molecule has 0 radical (unpaired) electrons. The van der Waals surface area contributed by atoms with Crippen molar-refractivity contribution in [1.82, 2.24) is 0 Å². The number of hydrogen-bond donors (Lipinski definition) is 0. The summed E-state index contributed by atoms with van der Waals surface area (Å²) in [6.07, 6.45) is 5.36. The van der Waals surface area contributed by atoms with Crippen molar-refractivity contribution in [3.63, 3.8) is 0 Å². The van der Waals surface area contributed by atoms with Gasteiger partial charge in [0.05, 0.1) is 23.7 Å². The molecule has 4 aliphatic rings. The van der Waals surface area contributed by atoms with Gasteiger partial charge in [0.25, 0.3) is 0 Å². The molecule has 4 atom stereocenters. The molecule has 4 rings (SSSR count). The molecule has 20 heavy (non-hydrogen) atoms. The molecule has 0 aromatic rings. The van der Waals surface area contributed by atoms with Crippen LogP contribution in [0.4, 0.5) is 0 Å². The molecule has 6 heteroatoms. The summed E-state index contributed by atoms with van der Waals surface area (Å²) in [6, 6.07) is 0. The van der Waals surface area contributed by atoms with Crippen molar-refractivity contribution in [1.29, 1.82) is 0 Å². The molecular formula is C14H16O6. The Morgan fingerprint density at radius 1 is 0.550 bits per heavy atom. The van der Waals surface area contributed by atoms with Crippen LogP contribution in [0.15, 0.2) is 0 Å². The van der Waals surface area contributed by atoms with E-state index in [0.29, 0.717) is 0 Å². The van der Waals surface area contributed by atoms with E-state index in [1.54, 1.807) is 0 Å². The minimum atomic E-state index is -0.299. The molecule has 2 saturated carbocycles. The highest BCUT2D eigenvalue weighted by Gasteiger charge is 2.47. The van der Waals surface area contributed by atoms with E-state index in [4.69, 9.17) is 0 Å². The molecule has 0 spiro atoms. The van der Waals surface area contributed by atoms with Crippen LogP contribution < -0.4 is 0 Å². The first-order valence-corrected chi connectivity index (χ1v) is 7.09. The van der Waals surface area contributed by atoms with E-state index in [-0.39, 0.29) is 47.5 Å². The molecule has 2 saturated heterocycles. The van der Waals surface area contributed by atoms with Crippen LogP contribution in [-0.4, -0.2) is 23.9 Å². The highest BCUT2D eigenvalue weighted by molar-refractivity contribution is 5.97. The maximum Gasteiger partial charge on any atom is 0.317 e. The van der Waals surface area contributed by atoms with Crippen LogP contribution in [0.2, 0.25) is 0 Å². The van der Waals surface area contributed by atoms with E-state index in [2.05, 4.69) is 9.47 Å². The van der Waals surface area contributed by atoms with Gasteiger partial charge in [0.2, 0.25) is 0 Å². The number of hydrogen-bond acceptors (Lipinski definition) is 6. The number of carbonyl (C=O) groups is 4. The average Bonchev–Trinajstić information content (AvgIpc) is 3.13. The van der Waals surface area contributed by atoms with E-state index in [1.807, 2.05) is 0 Å². The van der Waals surface area contributed by atoms with Crippen molar-refractivity contribution in [3.05, 3.63) is 0 Å². The fourth-order valence-corrected chi connectivity index (χ4v) is 3.55. The second-order valence-corrected chi connectivity index (χ2v) is 5.77. The molecule has 0 N–H and O–H groups in total. The second-order valence-electron chi connectivity index (χ2n) is 5.77. The lowest BCUT2D eigenvalue weighted by Gasteiger charge is -1.95. The zero-order chi connectivity index (χ0) is 14.3. The third-order valence-electron chi connectivity index (χ3n) is 4.65. The van der Waals surface area contributed by atoms with Crippen LogP contribution in [0.5, 0.6) is 0 Å². The lowest BCUT2D eigenvalue weighted by Crippen LogP contribution is -2.09. The van der Waals surface area contributed by atoms with Crippen molar-refractivity contribution in [2.75, 3.05) is 0 Å². The number of esters is 4. The lowest BCUT2D eigenvalue weighted by molar-refractivity contribution is -0.156. The molecule has 0 aromatic heterocycles. The van der Waals surface area contributed by atoms with Gasteiger partial charge in [-0.2, -0.15) is 0 Å². The molecule has 6 nitrogen and oxygen atoms in total. The van der Waals surface area contributed by atoms with E-state index in [9.17, 15) is 19.2 Å². The van der Waals surface area contributed by atoms with Gasteiger partial charge in [0, 0.05) is 0 Å². The number of carbonyl (C=O) groups excluding carboxylic acids is 4. The lowest BCUT2D eigenvalue weighted by atomic mass is 10.00. The van der Waals surface area contributed by atoms with Crippen LogP contribution in [0.3, 0.4) is 0 Å². The molecule has 0 amide bonds. The summed E-state index contributed by atoms with van der Waals surface area (Å²) in [7, 11) is 0. The predicted octanol–water partition coefficient (Wildman–Crippen LogP) is 0.972. The first-order chi connectivity index (χ1) is 9.58. The highest BCUT2D eigenvalue weighted by atomic mass is 16.6. The summed E-state index contributed by atoms with van der Waals surface area (Å²) < 4.78 is 8.90. The number of rotatable bonds is 0. The fourth-order valence-electron chi connectivity index (χ4n) is 3.55. The minimum Gasteiger partial charge on any atom is -0.393 e. The summed E-state index contributed by atoms with van der Waals surface area (Å²) in [5.41, 5.74) is 0. The normalized spacial score (nSPS) is 38.0. The zero-order valence-electron chi connectivity index (χ0n) is 11.0. The second kappa shape index (κ2) is 5.00. The summed E-state index contributed by atoms with van der Waals surface area (Å²) in [6.45, 7) is 0. The summed E-state index contributed by atoms with van der Waals surface area (Å²) >= 11 is 0. The van der Waals surface area contributed by atoms with Gasteiger partial charge in [-0.1, -0.05) is 12.8 Å². The van der Waals surface area contributed by atoms with Crippen molar-refractivity contribution >= 4 is 23.9 Å². The Balaban J connectivity index is 0.000000121. The Hall–Kier alpha value is -1.72. The molecule has 2 heterocycles. The van der Waals surface area contributed by atoms with Gasteiger partial charge < -0.3 is 9.47 Å². The van der Waals surface area contributed by atoms with E-state index in [1.165, 1.54) is 0 Å². The van der Waals surface area contributed by atoms with Crippen LogP contribution in [-0.2, 0) is 28.7 Å². The molecule has 2 aliphatic heterocycles. The quantitative estimate of drug-likeness (QED) is 0.485. The minimum absolute atomic E-state index is 0.0903. The first kappa shape index (κ1) is 13.3. The largest absolute Gasteiger partial charge is 0.393 e. The van der Waals surface area contributed by atoms with Crippen molar-refractivity contribution in [3.8, 4) is 0 Å². The van der Waals surface area contributed by atoms with Gasteiger partial charge in [-0.3, -0.25) is 19.2 Å². The van der Waals surface area contributed by atoms with E-state index in [0.717, 1.165) is 38.5 Å². The van der Waals surface area contributed by atoms with Crippen molar-refractivity contribution in [2.45, 2.75) is 38.5 Å². The topological polar surface area (TPSA) is 86.7 Å².